The van der Waals surface area contributed by atoms with Crippen LogP contribution in [0.4, 0.5) is 0 Å². The molecule has 152 valence electrons. The minimum atomic E-state index is 0.350. The first-order valence-electron chi connectivity index (χ1n) is 10.8. The van der Waals surface area contributed by atoms with Crippen LogP contribution >= 0.6 is 0 Å². The number of aromatic nitrogens is 3. The predicted octanol–water partition coefficient (Wildman–Crippen LogP) is 6.17. The lowest BCUT2D eigenvalue weighted by atomic mass is 9.72. The molecule has 0 aliphatic heterocycles. The van der Waals surface area contributed by atoms with Crippen LogP contribution < -0.4 is 0 Å². The number of benzene rings is 2. The second-order valence-corrected chi connectivity index (χ2v) is 8.95. The second-order valence-electron chi connectivity index (χ2n) is 8.95. The van der Waals surface area contributed by atoms with E-state index in [-0.39, 0.29) is 0 Å². The van der Waals surface area contributed by atoms with E-state index in [2.05, 4.69) is 77.1 Å². The van der Waals surface area contributed by atoms with Crippen LogP contribution in [0, 0.1) is 41.5 Å². The van der Waals surface area contributed by atoms with E-state index < -0.39 is 0 Å². The molecule has 4 aromatic rings. The summed E-state index contributed by atoms with van der Waals surface area (Å²) < 4.78 is 1.90. The van der Waals surface area contributed by atoms with Crippen LogP contribution in [0.15, 0.2) is 30.5 Å². The van der Waals surface area contributed by atoms with Crippen LogP contribution in [0.1, 0.15) is 56.1 Å². The van der Waals surface area contributed by atoms with Crippen molar-refractivity contribution < 1.29 is 0 Å². The molecule has 1 aliphatic carbocycles. The van der Waals surface area contributed by atoms with Crippen molar-refractivity contribution in [3.8, 4) is 11.1 Å². The Bertz CT molecular complexity index is 1310. The van der Waals surface area contributed by atoms with Crippen molar-refractivity contribution in [3.63, 3.8) is 0 Å². The average molecular weight is 396 g/mol. The summed E-state index contributed by atoms with van der Waals surface area (Å²) >= 11 is 0. The van der Waals surface area contributed by atoms with E-state index in [4.69, 9.17) is 4.98 Å². The van der Waals surface area contributed by atoms with E-state index in [1.165, 1.54) is 61.0 Å². The highest BCUT2D eigenvalue weighted by molar-refractivity contribution is 5.98. The highest BCUT2D eigenvalue weighted by atomic mass is 15.3. The van der Waals surface area contributed by atoms with Gasteiger partial charge in [0.2, 0.25) is 0 Å². The molecule has 3 heteroatoms. The third-order valence-corrected chi connectivity index (χ3v) is 7.54. The van der Waals surface area contributed by atoms with Gasteiger partial charge >= 0.3 is 0 Å². The molecule has 5 rings (SSSR count). The zero-order chi connectivity index (χ0) is 21.3. The van der Waals surface area contributed by atoms with Gasteiger partial charge in [-0.2, -0.15) is 5.10 Å². The molecule has 0 saturated carbocycles. The lowest BCUT2D eigenvalue weighted by Gasteiger charge is -2.32. The Labute approximate surface area is 178 Å². The van der Waals surface area contributed by atoms with Gasteiger partial charge in [0.15, 0.2) is 5.65 Å². The maximum atomic E-state index is 4.81. The van der Waals surface area contributed by atoms with Gasteiger partial charge < -0.3 is 0 Å². The standard InChI is InChI=1S/C27H29N3/c1-14-15(2)17(4)24(18(5)16(14)3)23-12-20-13-28-27-25(19(6)29-30(27)7)26(20)22-11-9-8-10-21(22)23/h8-11,13,23H,12H2,1-7H3. The fraction of sp³-hybridized carbons (Fsp3) is 0.333. The maximum absolute atomic E-state index is 4.81. The van der Waals surface area contributed by atoms with Crippen LogP contribution in [-0.4, -0.2) is 14.8 Å². The summed E-state index contributed by atoms with van der Waals surface area (Å²) in [5.41, 5.74) is 16.1. The van der Waals surface area contributed by atoms with Crippen molar-refractivity contribution in [1.82, 2.24) is 14.8 Å². The third-order valence-electron chi connectivity index (χ3n) is 7.54. The SMILES string of the molecule is Cc1c(C)c(C)c(C2Cc3cnc4c(c(C)nn4C)c3-c3ccccc32)c(C)c1C. The van der Waals surface area contributed by atoms with Gasteiger partial charge in [0.1, 0.15) is 0 Å². The number of hydrogen-bond acceptors (Lipinski definition) is 2. The quantitative estimate of drug-likeness (QED) is 0.386. The van der Waals surface area contributed by atoms with E-state index >= 15 is 0 Å². The first-order chi connectivity index (χ1) is 14.3. The van der Waals surface area contributed by atoms with Crippen molar-refractivity contribution in [2.24, 2.45) is 7.05 Å². The van der Waals surface area contributed by atoms with Crippen LogP contribution in [0.2, 0.25) is 0 Å². The fourth-order valence-electron chi connectivity index (χ4n) is 5.58. The van der Waals surface area contributed by atoms with Crippen molar-refractivity contribution >= 4 is 11.0 Å². The first-order valence-corrected chi connectivity index (χ1v) is 10.8. The van der Waals surface area contributed by atoms with Gasteiger partial charge in [-0.1, -0.05) is 24.3 Å². The minimum absolute atomic E-state index is 0.350. The van der Waals surface area contributed by atoms with Gasteiger partial charge in [0.25, 0.3) is 0 Å². The summed E-state index contributed by atoms with van der Waals surface area (Å²) in [6.07, 6.45) is 3.06. The van der Waals surface area contributed by atoms with Gasteiger partial charge in [-0.15, -0.1) is 0 Å². The van der Waals surface area contributed by atoms with Gasteiger partial charge in [-0.3, -0.25) is 4.68 Å². The molecule has 0 radical (unpaired) electrons. The maximum Gasteiger partial charge on any atom is 0.158 e. The van der Waals surface area contributed by atoms with E-state index in [1.54, 1.807) is 0 Å². The van der Waals surface area contributed by atoms with Crippen molar-refractivity contribution in [3.05, 3.63) is 80.7 Å². The van der Waals surface area contributed by atoms with Crippen molar-refractivity contribution in [1.29, 1.82) is 0 Å². The van der Waals surface area contributed by atoms with Crippen LogP contribution in [0.25, 0.3) is 22.2 Å². The largest absolute Gasteiger partial charge is 0.250 e. The summed E-state index contributed by atoms with van der Waals surface area (Å²) in [5, 5.41) is 5.86. The van der Waals surface area contributed by atoms with Crippen molar-refractivity contribution in [2.45, 2.75) is 53.9 Å². The second kappa shape index (κ2) is 6.53. The monoisotopic (exact) mass is 395 g/mol. The molecular formula is C27H29N3. The summed E-state index contributed by atoms with van der Waals surface area (Å²) in [6, 6.07) is 8.95. The fourth-order valence-corrected chi connectivity index (χ4v) is 5.58. The Morgan fingerprint density at radius 2 is 1.50 bits per heavy atom. The predicted molar refractivity (Wildman–Crippen MR) is 124 cm³/mol. The summed E-state index contributed by atoms with van der Waals surface area (Å²) in [5.74, 6) is 0.350. The topological polar surface area (TPSA) is 30.7 Å². The van der Waals surface area contributed by atoms with Gasteiger partial charge in [-0.25, -0.2) is 4.98 Å². The first kappa shape index (κ1) is 19.0. The molecule has 0 N–H and O–H groups in total. The molecule has 2 aromatic heterocycles. The molecule has 0 spiro atoms. The highest BCUT2D eigenvalue weighted by Crippen LogP contribution is 2.47. The molecule has 1 aliphatic rings. The number of nitrogens with zero attached hydrogens (tertiary/aromatic N) is 3. The zero-order valence-corrected chi connectivity index (χ0v) is 19.0. The van der Waals surface area contributed by atoms with Gasteiger partial charge in [0.05, 0.1) is 11.1 Å². The van der Waals surface area contributed by atoms with Crippen molar-refractivity contribution in [2.75, 3.05) is 0 Å². The summed E-state index contributed by atoms with van der Waals surface area (Å²) in [4.78, 5) is 4.81. The number of hydrogen-bond donors (Lipinski definition) is 0. The lowest BCUT2D eigenvalue weighted by Crippen LogP contribution is -2.17. The molecule has 1 unspecified atom stereocenters. The molecule has 2 aromatic carbocycles. The molecule has 0 amide bonds. The number of rotatable bonds is 1. The van der Waals surface area contributed by atoms with E-state index in [0.717, 1.165) is 17.8 Å². The average Bonchev–Trinajstić information content (AvgIpc) is 3.04. The van der Waals surface area contributed by atoms with Gasteiger partial charge in [0, 0.05) is 19.2 Å². The smallest absolute Gasteiger partial charge is 0.158 e. The molecule has 30 heavy (non-hydrogen) atoms. The Balaban J connectivity index is 1.83. The minimum Gasteiger partial charge on any atom is -0.250 e. The normalized spacial score (nSPS) is 15.4. The molecule has 0 saturated heterocycles. The van der Waals surface area contributed by atoms with Crippen LogP contribution in [-0.2, 0) is 13.5 Å². The molecule has 2 heterocycles. The Hall–Kier alpha value is -2.94. The van der Waals surface area contributed by atoms with Crippen LogP contribution in [0.5, 0.6) is 0 Å². The highest BCUT2D eigenvalue weighted by Gasteiger charge is 2.31. The zero-order valence-electron chi connectivity index (χ0n) is 19.0. The number of aryl methyl sites for hydroxylation is 2. The third kappa shape index (κ3) is 2.44. The molecular weight excluding hydrogens is 366 g/mol. The Morgan fingerprint density at radius 3 is 2.20 bits per heavy atom. The summed E-state index contributed by atoms with van der Waals surface area (Å²) in [7, 11) is 1.98. The number of pyridine rings is 1. The summed E-state index contributed by atoms with van der Waals surface area (Å²) in [6.45, 7) is 13.5. The van der Waals surface area contributed by atoms with E-state index in [0.29, 0.717) is 5.92 Å². The van der Waals surface area contributed by atoms with E-state index in [1.807, 2.05) is 11.7 Å². The molecule has 3 nitrogen and oxygen atoms in total. The van der Waals surface area contributed by atoms with Gasteiger partial charge in [-0.05, 0) is 104 Å². The van der Waals surface area contributed by atoms with Crippen LogP contribution in [0.3, 0.4) is 0 Å². The molecule has 0 bridgehead atoms. The number of fused-ring (bicyclic) bond motifs is 5. The Morgan fingerprint density at radius 1 is 0.867 bits per heavy atom. The molecule has 0 fully saturated rings. The molecule has 1 atom stereocenters. The lowest BCUT2D eigenvalue weighted by molar-refractivity contribution is 0.766. The Kier molecular flexibility index (Phi) is 4.15. The van der Waals surface area contributed by atoms with E-state index in [9.17, 15) is 0 Å².